The van der Waals surface area contributed by atoms with Crippen molar-refractivity contribution in [3.63, 3.8) is 0 Å². The standard InChI is InChI=1S/C13H22N2O5/c1-2-3-14-10-7-20-6-9(10)12(16)15-4-5-19-8-11(15)13(17)18/h9-11,14H,2-8H2,1H3,(H,17,18). The second kappa shape index (κ2) is 7.01. The van der Waals surface area contributed by atoms with E-state index in [0.717, 1.165) is 13.0 Å². The maximum absolute atomic E-state index is 12.6. The molecule has 2 aliphatic heterocycles. The molecule has 7 heteroatoms. The lowest BCUT2D eigenvalue weighted by atomic mass is 10.0. The highest BCUT2D eigenvalue weighted by molar-refractivity contribution is 5.86. The van der Waals surface area contributed by atoms with Gasteiger partial charge >= 0.3 is 5.97 Å². The molecule has 7 nitrogen and oxygen atoms in total. The van der Waals surface area contributed by atoms with Gasteiger partial charge in [0.15, 0.2) is 6.04 Å². The lowest BCUT2D eigenvalue weighted by molar-refractivity contribution is -0.160. The van der Waals surface area contributed by atoms with Crippen LogP contribution in [0.3, 0.4) is 0 Å². The van der Waals surface area contributed by atoms with Gasteiger partial charge in [-0.05, 0) is 13.0 Å². The Bertz CT molecular complexity index is 363. The highest BCUT2D eigenvalue weighted by atomic mass is 16.5. The first-order valence-electron chi connectivity index (χ1n) is 7.07. The fourth-order valence-corrected chi connectivity index (χ4v) is 2.61. The van der Waals surface area contributed by atoms with Crippen molar-refractivity contribution in [1.82, 2.24) is 10.2 Å². The molecule has 0 bridgehead atoms. The number of morpholine rings is 1. The number of nitrogens with one attached hydrogen (secondary N) is 1. The molecule has 0 spiro atoms. The third-order valence-electron chi connectivity index (χ3n) is 3.75. The van der Waals surface area contributed by atoms with Gasteiger partial charge in [-0.2, -0.15) is 0 Å². The van der Waals surface area contributed by atoms with Crippen LogP contribution in [-0.4, -0.2) is 73.5 Å². The van der Waals surface area contributed by atoms with Gasteiger partial charge in [-0.15, -0.1) is 0 Å². The second-order valence-electron chi connectivity index (χ2n) is 5.17. The smallest absolute Gasteiger partial charge is 0.328 e. The number of carboxylic acids is 1. The van der Waals surface area contributed by atoms with Gasteiger partial charge in [-0.25, -0.2) is 4.79 Å². The summed E-state index contributed by atoms with van der Waals surface area (Å²) in [6.07, 6.45) is 0.979. The van der Waals surface area contributed by atoms with Crippen molar-refractivity contribution in [1.29, 1.82) is 0 Å². The Labute approximate surface area is 118 Å². The molecule has 0 radical (unpaired) electrons. The van der Waals surface area contributed by atoms with Crippen molar-refractivity contribution in [3.8, 4) is 0 Å². The maximum atomic E-state index is 12.6. The average molecular weight is 286 g/mol. The number of ether oxygens (including phenoxy) is 2. The van der Waals surface area contributed by atoms with Crippen LogP contribution < -0.4 is 5.32 Å². The normalized spacial score (nSPS) is 30.4. The third kappa shape index (κ3) is 3.28. The van der Waals surface area contributed by atoms with E-state index in [4.69, 9.17) is 9.47 Å². The molecule has 1 amide bonds. The van der Waals surface area contributed by atoms with Crippen LogP contribution in [0.4, 0.5) is 0 Å². The molecule has 0 aliphatic carbocycles. The van der Waals surface area contributed by atoms with E-state index >= 15 is 0 Å². The minimum atomic E-state index is -1.02. The minimum Gasteiger partial charge on any atom is -0.480 e. The van der Waals surface area contributed by atoms with Crippen LogP contribution in [0.5, 0.6) is 0 Å². The van der Waals surface area contributed by atoms with Crippen LogP contribution in [-0.2, 0) is 19.1 Å². The van der Waals surface area contributed by atoms with Gasteiger partial charge in [0.05, 0.1) is 32.3 Å². The summed E-state index contributed by atoms with van der Waals surface area (Å²) < 4.78 is 10.5. The van der Waals surface area contributed by atoms with Crippen molar-refractivity contribution in [2.75, 3.05) is 39.5 Å². The summed E-state index contributed by atoms with van der Waals surface area (Å²) in [6.45, 7) is 4.50. The Morgan fingerprint density at radius 2 is 2.10 bits per heavy atom. The van der Waals surface area contributed by atoms with Crippen LogP contribution in [0.25, 0.3) is 0 Å². The molecule has 20 heavy (non-hydrogen) atoms. The number of rotatable bonds is 5. The van der Waals surface area contributed by atoms with Crippen molar-refractivity contribution in [3.05, 3.63) is 0 Å². The number of carboxylic acid groups (broad SMARTS) is 1. The summed E-state index contributed by atoms with van der Waals surface area (Å²) in [5.74, 6) is -1.47. The first-order valence-corrected chi connectivity index (χ1v) is 7.07. The lowest BCUT2D eigenvalue weighted by Gasteiger charge is -2.35. The van der Waals surface area contributed by atoms with Gasteiger partial charge in [0.25, 0.3) is 0 Å². The number of hydrogen-bond donors (Lipinski definition) is 2. The fraction of sp³-hybridized carbons (Fsp3) is 0.846. The summed E-state index contributed by atoms with van der Waals surface area (Å²) in [5.41, 5.74) is 0. The Kier molecular flexibility index (Phi) is 5.33. The van der Waals surface area contributed by atoms with Crippen LogP contribution in [0.1, 0.15) is 13.3 Å². The predicted molar refractivity (Wildman–Crippen MR) is 70.3 cm³/mol. The average Bonchev–Trinajstić information content (AvgIpc) is 2.92. The Morgan fingerprint density at radius 3 is 2.80 bits per heavy atom. The number of aliphatic carboxylic acids is 1. The number of carbonyl (C=O) groups excluding carboxylic acids is 1. The number of carbonyl (C=O) groups is 2. The molecule has 114 valence electrons. The molecular formula is C13H22N2O5. The van der Waals surface area contributed by atoms with Gasteiger partial charge in [0.2, 0.25) is 5.91 Å². The second-order valence-corrected chi connectivity index (χ2v) is 5.17. The molecule has 2 rings (SSSR count). The summed E-state index contributed by atoms with van der Waals surface area (Å²) in [7, 11) is 0. The zero-order valence-corrected chi connectivity index (χ0v) is 11.7. The molecule has 2 fully saturated rings. The summed E-state index contributed by atoms with van der Waals surface area (Å²) >= 11 is 0. The van der Waals surface area contributed by atoms with Crippen LogP contribution in [0, 0.1) is 5.92 Å². The molecule has 2 aliphatic rings. The Balaban J connectivity index is 2.02. The zero-order valence-electron chi connectivity index (χ0n) is 11.7. The maximum Gasteiger partial charge on any atom is 0.328 e. The number of nitrogens with zero attached hydrogens (tertiary/aromatic N) is 1. The van der Waals surface area contributed by atoms with Gasteiger partial charge in [-0.3, -0.25) is 4.79 Å². The molecule has 2 saturated heterocycles. The molecule has 0 aromatic carbocycles. The van der Waals surface area contributed by atoms with Crippen molar-refractivity contribution in [2.45, 2.75) is 25.4 Å². The lowest BCUT2D eigenvalue weighted by Crippen LogP contribution is -2.56. The first kappa shape index (κ1) is 15.2. The van der Waals surface area contributed by atoms with Crippen LogP contribution in [0.2, 0.25) is 0 Å². The van der Waals surface area contributed by atoms with E-state index in [1.165, 1.54) is 4.90 Å². The summed E-state index contributed by atoms with van der Waals surface area (Å²) in [5, 5.41) is 12.5. The molecule has 0 saturated carbocycles. The fourth-order valence-electron chi connectivity index (χ4n) is 2.61. The molecular weight excluding hydrogens is 264 g/mol. The number of amides is 1. The summed E-state index contributed by atoms with van der Waals surface area (Å²) in [4.78, 5) is 25.2. The van der Waals surface area contributed by atoms with Crippen LogP contribution >= 0.6 is 0 Å². The van der Waals surface area contributed by atoms with Gasteiger partial charge < -0.3 is 24.8 Å². The quantitative estimate of drug-likeness (QED) is 0.696. The highest BCUT2D eigenvalue weighted by Gasteiger charge is 2.41. The summed E-state index contributed by atoms with van der Waals surface area (Å²) in [6, 6.07) is -0.914. The van der Waals surface area contributed by atoms with Crippen molar-refractivity contribution < 1.29 is 24.2 Å². The third-order valence-corrected chi connectivity index (χ3v) is 3.75. The van der Waals surface area contributed by atoms with Gasteiger partial charge in [0.1, 0.15) is 0 Å². The Hall–Kier alpha value is -1.18. The van der Waals surface area contributed by atoms with E-state index in [0.29, 0.717) is 26.4 Å². The van der Waals surface area contributed by atoms with Gasteiger partial charge in [0, 0.05) is 12.6 Å². The van der Waals surface area contributed by atoms with Crippen molar-refractivity contribution in [2.24, 2.45) is 5.92 Å². The molecule has 2 N–H and O–H groups in total. The van der Waals surface area contributed by atoms with E-state index in [1.54, 1.807) is 0 Å². The zero-order chi connectivity index (χ0) is 14.5. The topological polar surface area (TPSA) is 88.1 Å². The molecule has 2 heterocycles. The molecule has 3 unspecified atom stereocenters. The van der Waals surface area contributed by atoms with E-state index in [2.05, 4.69) is 12.2 Å². The van der Waals surface area contributed by atoms with Gasteiger partial charge in [-0.1, -0.05) is 6.92 Å². The Morgan fingerprint density at radius 1 is 1.30 bits per heavy atom. The predicted octanol–water partition coefficient (Wildman–Crippen LogP) is -0.687. The van der Waals surface area contributed by atoms with E-state index in [-0.39, 0.29) is 24.5 Å². The molecule has 0 aromatic rings. The first-order chi connectivity index (χ1) is 9.65. The van der Waals surface area contributed by atoms with Crippen LogP contribution in [0.15, 0.2) is 0 Å². The number of hydrogen-bond acceptors (Lipinski definition) is 5. The van der Waals surface area contributed by atoms with Crippen molar-refractivity contribution >= 4 is 11.9 Å². The molecule has 0 aromatic heterocycles. The minimum absolute atomic E-state index is 0.0280. The highest BCUT2D eigenvalue weighted by Crippen LogP contribution is 2.20. The monoisotopic (exact) mass is 286 g/mol. The largest absolute Gasteiger partial charge is 0.480 e. The van der Waals surface area contributed by atoms with E-state index in [9.17, 15) is 14.7 Å². The molecule has 3 atom stereocenters. The SMILES string of the molecule is CCCNC1COCC1C(=O)N1CCOCC1C(=O)O. The van der Waals surface area contributed by atoms with E-state index in [1.807, 2.05) is 0 Å². The van der Waals surface area contributed by atoms with E-state index < -0.39 is 12.0 Å².